The largest absolute Gasteiger partial charge is 0.548 e. The van der Waals surface area contributed by atoms with Crippen molar-refractivity contribution in [2.75, 3.05) is 6.54 Å². The van der Waals surface area contributed by atoms with Crippen molar-refractivity contribution in [2.45, 2.75) is 31.7 Å². The van der Waals surface area contributed by atoms with Crippen LogP contribution in [-0.2, 0) is 14.8 Å². The minimum atomic E-state index is -4.02. The first-order valence-corrected chi connectivity index (χ1v) is 8.65. The van der Waals surface area contributed by atoms with Gasteiger partial charge >= 0.3 is 0 Å². The summed E-state index contributed by atoms with van der Waals surface area (Å²) in [4.78, 5) is 22.7. The molecule has 0 fully saturated rings. The highest BCUT2D eigenvalue weighted by Crippen LogP contribution is 2.20. The van der Waals surface area contributed by atoms with Gasteiger partial charge in [0.25, 0.3) is 5.91 Å². The molecule has 0 aliphatic carbocycles. The first-order valence-electron chi connectivity index (χ1n) is 6.29. The molecule has 1 atom stereocenters. The van der Waals surface area contributed by atoms with Crippen LogP contribution in [0.1, 0.15) is 30.4 Å². The second kappa shape index (κ2) is 7.01. The van der Waals surface area contributed by atoms with Crippen molar-refractivity contribution in [3.8, 4) is 0 Å². The Morgan fingerprint density at radius 3 is 2.48 bits per heavy atom. The molecule has 1 heterocycles. The Morgan fingerprint density at radius 2 is 2.00 bits per heavy atom. The number of aliphatic carboxylic acids is 1. The van der Waals surface area contributed by atoms with Gasteiger partial charge in [-0.15, -0.1) is 11.3 Å². The maximum absolute atomic E-state index is 12.1. The molecule has 21 heavy (non-hydrogen) atoms. The number of carboxylic acid groups (broad SMARTS) is 1. The van der Waals surface area contributed by atoms with Crippen molar-refractivity contribution in [2.24, 2.45) is 5.92 Å². The van der Waals surface area contributed by atoms with Gasteiger partial charge in [0.2, 0.25) is 10.0 Å². The Balaban J connectivity index is 2.98. The van der Waals surface area contributed by atoms with Gasteiger partial charge in [0, 0.05) is 11.9 Å². The lowest BCUT2D eigenvalue weighted by Crippen LogP contribution is -2.50. The molecule has 2 N–H and O–H groups in total. The highest BCUT2D eigenvalue weighted by molar-refractivity contribution is 7.89. The lowest BCUT2D eigenvalue weighted by molar-refractivity contribution is -0.309. The van der Waals surface area contributed by atoms with Gasteiger partial charge < -0.3 is 15.2 Å². The summed E-state index contributed by atoms with van der Waals surface area (Å²) >= 11 is 0.974. The summed E-state index contributed by atoms with van der Waals surface area (Å²) in [6.45, 7) is 5.31. The van der Waals surface area contributed by atoms with Gasteiger partial charge in [-0.2, -0.15) is 0 Å². The smallest absolute Gasteiger partial charge is 0.261 e. The van der Waals surface area contributed by atoms with Gasteiger partial charge in [0.15, 0.2) is 0 Å². The third kappa shape index (κ3) is 4.51. The van der Waals surface area contributed by atoms with E-state index in [0.29, 0.717) is 6.54 Å². The summed E-state index contributed by atoms with van der Waals surface area (Å²) in [5.41, 5.74) is 0. The predicted octanol–water partition coefficient (Wildman–Crippen LogP) is -0.449. The van der Waals surface area contributed by atoms with Crippen molar-refractivity contribution in [1.82, 2.24) is 10.0 Å². The van der Waals surface area contributed by atoms with E-state index >= 15 is 0 Å². The first-order chi connectivity index (χ1) is 9.69. The zero-order chi connectivity index (χ0) is 16.2. The molecule has 1 aromatic rings. The quantitative estimate of drug-likeness (QED) is 0.701. The van der Waals surface area contributed by atoms with Crippen LogP contribution in [0.3, 0.4) is 0 Å². The zero-order valence-corrected chi connectivity index (χ0v) is 13.5. The molecular weight excluding hydrogens is 316 g/mol. The van der Waals surface area contributed by atoms with Crippen molar-refractivity contribution in [1.29, 1.82) is 0 Å². The Hall–Kier alpha value is -1.45. The normalized spacial score (nSPS) is 13.1. The van der Waals surface area contributed by atoms with Gasteiger partial charge in [0.1, 0.15) is 0 Å². The van der Waals surface area contributed by atoms with E-state index in [1.165, 1.54) is 11.4 Å². The van der Waals surface area contributed by atoms with E-state index in [-0.39, 0.29) is 15.7 Å². The lowest BCUT2D eigenvalue weighted by Gasteiger charge is -2.22. The number of hydrogen-bond donors (Lipinski definition) is 2. The predicted molar refractivity (Wildman–Crippen MR) is 76.3 cm³/mol. The van der Waals surface area contributed by atoms with Gasteiger partial charge in [-0.05, 0) is 18.9 Å². The lowest BCUT2D eigenvalue weighted by atomic mass is 10.1. The number of carbonyl (C=O) groups is 2. The van der Waals surface area contributed by atoms with Gasteiger partial charge in [-0.25, -0.2) is 13.1 Å². The number of carboxylic acids is 1. The Morgan fingerprint density at radius 1 is 1.38 bits per heavy atom. The summed E-state index contributed by atoms with van der Waals surface area (Å²) < 4.78 is 26.3. The summed E-state index contributed by atoms with van der Waals surface area (Å²) in [5, 5.41) is 14.8. The Kier molecular flexibility index (Phi) is 5.87. The van der Waals surface area contributed by atoms with Gasteiger partial charge in [-0.3, -0.25) is 4.79 Å². The van der Waals surface area contributed by atoms with E-state index in [0.717, 1.165) is 11.3 Å². The van der Waals surface area contributed by atoms with E-state index in [9.17, 15) is 23.1 Å². The number of thiophene rings is 1. The second-order valence-corrected chi connectivity index (χ2v) is 7.29. The van der Waals surface area contributed by atoms with E-state index in [1.54, 1.807) is 20.8 Å². The fourth-order valence-corrected chi connectivity index (χ4v) is 4.04. The molecule has 9 heteroatoms. The van der Waals surface area contributed by atoms with Crippen molar-refractivity contribution in [3.05, 3.63) is 16.3 Å². The summed E-state index contributed by atoms with van der Waals surface area (Å²) in [7, 11) is -4.02. The number of nitrogens with one attached hydrogen (secondary N) is 2. The van der Waals surface area contributed by atoms with Crippen LogP contribution >= 0.6 is 11.3 Å². The highest BCUT2D eigenvalue weighted by Gasteiger charge is 2.25. The van der Waals surface area contributed by atoms with Crippen LogP contribution in [0.4, 0.5) is 0 Å². The fraction of sp³-hybridized carbons (Fsp3) is 0.500. The van der Waals surface area contributed by atoms with Crippen LogP contribution in [0.5, 0.6) is 0 Å². The molecule has 7 nitrogen and oxygen atoms in total. The second-order valence-electron chi connectivity index (χ2n) is 4.67. The molecule has 0 bridgehead atoms. The average molecular weight is 333 g/mol. The third-order valence-electron chi connectivity index (χ3n) is 2.65. The average Bonchev–Trinajstić information content (AvgIpc) is 2.86. The molecule has 0 aliphatic heterocycles. The number of carbonyl (C=O) groups excluding carboxylic acids is 2. The van der Waals surface area contributed by atoms with Crippen molar-refractivity contribution in [3.63, 3.8) is 0 Å². The molecule has 1 rings (SSSR count). The molecule has 1 aromatic heterocycles. The fourth-order valence-electron chi connectivity index (χ4n) is 1.52. The topological polar surface area (TPSA) is 115 Å². The van der Waals surface area contributed by atoms with Crippen molar-refractivity contribution >= 4 is 33.2 Å². The molecule has 0 unspecified atom stereocenters. The molecular formula is C12H17N2O5S2-. The number of sulfonamides is 1. The van der Waals surface area contributed by atoms with E-state index < -0.39 is 28.0 Å². The van der Waals surface area contributed by atoms with Crippen LogP contribution in [0.25, 0.3) is 0 Å². The summed E-state index contributed by atoms with van der Waals surface area (Å²) in [6, 6.07) is -0.118. The summed E-state index contributed by atoms with van der Waals surface area (Å²) in [6.07, 6.45) is 0. The molecule has 0 radical (unpaired) electrons. The molecule has 0 saturated carbocycles. The van der Waals surface area contributed by atoms with E-state index in [1.807, 2.05) is 0 Å². The minimum Gasteiger partial charge on any atom is -0.548 e. The van der Waals surface area contributed by atoms with E-state index in [4.69, 9.17) is 0 Å². The Bertz CT molecular complexity index is 621. The SMILES string of the molecule is CCNC(=O)c1cc(S(=O)(=O)N[C@H](C(=O)[O-])C(C)C)cs1. The van der Waals surface area contributed by atoms with Crippen LogP contribution in [0.15, 0.2) is 16.3 Å². The number of amides is 1. The van der Waals surface area contributed by atoms with E-state index in [2.05, 4.69) is 10.0 Å². The van der Waals surface area contributed by atoms with Crippen LogP contribution in [-0.4, -0.2) is 32.9 Å². The monoisotopic (exact) mass is 333 g/mol. The standard InChI is InChI=1S/C12H18N2O5S2/c1-4-13-11(15)9-5-8(6-20-9)21(18,19)14-10(7(2)3)12(16)17/h5-7,10,14H,4H2,1-3H3,(H,13,15)(H,16,17)/p-1/t10-/m0/s1. The van der Waals surface area contributed by atoms with Crippen LogP contribution in [0.2, 0.25) is 0 Å². The summed E-state index contributed by atoms with van der Waals surface area (Å²) in [5.74, 6) is -2.33. The van der Waals surface area contributed by atoms with Gasteiger partial charge in [0.05, 0.1) is 21.8 Å². The molecule has 1 amide bonds. The molecule has 118 valence electrons. The first kappa shape index (κ1) is 17.6. The maximum atomic E-state index is 12.1. The van der Waals surface area contributed by atoms with Crippen LogP contribution in [0, 0.1) is 5.92 Å². The number of hydrogen-bond acceptors (Lipinski definition) is 6. The minimum absolute atomic E-state index is 0.138. The van der Waals surface area contributed by atoms with Crippen molar-refractivity contribution < 1.29 is 23.1 Å². The molecule has 0 spiro atoms. The Labute approximate surface area is 127 Å². The zero-order valence-electron chi connectivity index (χ0n) is 11.9. The maximum Gasteiger partial charge on any atom is 0.261 e. The van der Waals surface area contributed by atoms with Gasteiger partial charge in [-0.1, -0.05) is 13.8 Å². The highest BCUT2D eigenvalue weighted by atomic mass is 32.2. The molecule has 0 saturated heterocycles. The molecule has 0 aromatic carbocycles. The van der Waals surface area contributed by atoms with Crippen LogP contribution < -0.4 is 15.1 Å². The third-order valence-corrected chi connectivity index (χ3v) is 5.15. The molecule has 0 aliphatic rings. The number of rotatable bonds is 7.